The van der Waals surface area contributed by atoms with Crippen molar-refractivity contribution in [2.75, 3.05) is 6.61 Å². The lowest BCUT2D eigenvalue weighted by atomic mass is 9.98. The zero-order valence-electron chi connectivity index (χ0n) is 20.1. The Labute approximate surface area is 214 Å². The molecule has 7 heteroatoms. The first-order valence-electron chi connectivity index (χ1n) is 11.6. The van der Waals surface area contributed by atoms with Crippen LogP contribution in [-0.4, -0.2) is 35.3 Å². The molecular formula is C28H29BrN2O4. The molecule has 1 amide bonds. The number of hydrogen-bond donors (Lipinski definition) is 1. The average Bonchev–Trinajstić information content (AvgIpc) is 3.13. The molecule has 1 unspecified atom stereocenters. The summed E-state index contributed by atoms with van der Waals surface area (Å²) >= 11 is 3.41. The number of carbonyl (C=O) groups excluding carboxylic acids is 2. The van der Waals surface area contributed by atoms with Gasteiger partial charge in [-0.2, -0.15) is 0 Å². The maximum Gasteiger partial charge on any atom is 0.407 e. The third kappa shape index (κ3) is 6.28. The van der Waals surface area contributed by atoms with Gasteiger partial charge in [0.05, 0.1) is 0 Å². The van der Waals surface area contributed by atoms with Crippen molar-refractivity contribution in [2.24, 2.45) is 0 Å². The molecule has 1 aromatic heterocycles. The minimum atomic E-state index is -0.844. The van der Waals surface area contributed by atoms with E-state index in [2.05, 4.69) is 50.5 Å². The average molecular weight is 537 g/mol. The van der Waals surface area contributed by atoms with Crippen LogP contribution in [0.4, 0.5) is 4.79 Å². The van der Waals surface area contributed by atoms with E-state index < -0.39 is 23.7 Å². The molecule has 0 saturated carbocycles. The number of benzene rings is 2. The molecule has 1 heterocycles. The van der Waals surface area contributed by atoms with Gasteiger partial charge in [-0.05, 0) is 83.4 Å². The van der Waals surface area contributed by atoms with Crippen LogP contribution in [0.2, 0.25) is 0 Å². The predicted octanol–water partition coefficient (Wildman–Crippen LogP) is 6.03. The van der Waals surface area contributed by atoms with E-state index >= 15 is 0 Å². The summed E-state index contributed by atoms with van der Waals surface area (Å²) in [5.41, 5.74) is 4.86. The lowest BCUT2D eigenvalue weighted by Crippen LogP contribution is -2.45. The minimum absolute atomic E-state index is 0.0547. The number of fused-ring (bicyclic) bond motifs is 3. The van der Waals surface area contributed by atoms with Gasteiger partial charge in [0.1, 0.15) is 18.2 Å². The summed E-state index contributed by atoms with van der Waals surface area (Å²) < 4.78 is 12.0. The second kappa shape index (κ2) is 10.6. The molecule has 0 spiro atoms. The van der Waals surface area contributed by atoms with E-state index in [1.54, 1.807) is 33.2 Å². The van der Waals surface area contributed by atoms with E-state index in [9.17, 15) is 9.59 Å². The molecule has 4 rings (SSSR count). The lowest BCUT2D eigenvalue weighted by Gasteiger charge is -2.24. The minimum Gasteiger partial charge on any atom is -0.458 e. The summed E-state index contributed by atoms with van der Waals surface area (Å²) in [7, 11) is 0. The number of aryl methyl sites for hydroxylation is 1. The van der Waals surface area contributed by atoms with Crippen LogP contribution in [0.25, 0.3) is 11.1 Å². The number of ether oxygens (including phenoxy) is 2. The van der Waals surface area contributed by atoms with Crippen molar-refractivity contribution in [2.45, 2.75) is 51.2 Å². The van der Waals surface area contributed by atoms with Crippen LogP contribution in [0.3, 0.4) is 0 Å². The highest BCUT2D eigenvalue weighted by Gasteiger charge is 2.31. The van der Waals surface area contributed by atoms with Gasteiger partial charge in [0.25, 0.3) is 0 Å². The number of aromatic nitrogens is 1. The van der Waals surface area contributed by atoms with Crippen molar-refractivity contribution in [3.05, 3.63) is 88.2 Å². The van der Waals surface area contributed by atoms with E-state index in [-0.39, 0.29) is 12.5 Å². The van der Waals surface area contributed by atoms with Crippen LogP contribution in [-0.2, 0) is 20.7 Å². The zero-order valence-corrected chi connectivity index (χ0v) is 21.7. The first-order valence-corrected chi connectivity index (χ1v) is 12.4. The first kappa shape index (κ1) is 24.9. The van der Waals surface area contributed by atoms with E-state index in [0.29, 0.717) is 12.8 Å². The quantitative estimate of drug-likeness (QED) is 0.373. The number of hydrogen-bond acceptors (Lipinski definition) is 5. The molecule has 2 aromatic carbocycles. The number of halogens is 1. The summed E-state index contributed by atoms with van der Waals surface area (Å²) in [6.07, 6.45) is 3.70. The van der Waals surface area contributed by atoms with Gasteiger partial charge in [0, 0.05) is 22.8 Å². The van der Waals surface area contributed by atoms with Gasteiger partial charge in [-0.1, -0.05) is 48.5 Å². The summed E-state index contributed by atoms with van der Waals surface area (Å²) in [5, 5.41) is 2.73. The maximum atomic E-state index is 12.9. The number of carbonyl (C=O) groups is 2. The monoisotopic (exact) mass is 536 g/mol. The molecule has 0 aliphatic heterocycles. The topological polar surface area (TPSA) is 77.5 Å². The van der Waals surface area contributed by atoms with Gasteiger partial charge in [-0.3, -0.25) is 4.98 Å². The van der Waals surface area contributed by atoms with Gasteiger partial charge in [-0.15, -0.1) is 0 Å². The normalized spacial score (nSPS) is 13.5. The molecular weight excluding hydrogens is 508 g/mol. The van der Waals surface area contributed by atoms with E-state index in [0.717, 1.165) is 32.3 Å². The Balaban J connectivity index is 1.43. The Bertz CT molecular complexity index is 1180. The van der Waals surface area contributed by atoms with Crippen LogP contribution in [0, 0.1) is 0 Å². The Morgan fingerprint density at radius 1 is 1.03 bits per heavy atom. The Morgan fingerprint density at radius 2 is 1.66 bits per heavy atom. The SMILES string of the molecule is CC(C)(C)OC(=O)C(CCc1cncc(Br)c1)NC(=O)OCC1c2ccccc2-c2ccccc21. The van der Waals surface area contributed by atoms with Crippen molar-refractivity contribution in [3.63, 3.8) is 0 Å². The molecule has 0 radical (unpaired) electrons. The summed E-state index contributed by atoms with van der Waals surface area (Å²) in [6, 6.07) is 17.4. The molecule has 182 valence electrons. The van der Waals surface area contributed by atoms with Gasteiger partial charge in [-0.25, -0.2) is 9.59 Å². The second-order valence-corrected chi connectivity index (χ2v) is 10.5. The fourth-order valence-corrected chi connectivity index (χ4v) is 4.72. The number of nitrogens with one attached hydrogen (secondary N) is 1. The van der Waals surface area contributed by atoms with E-state index in [1.807, 2.05) is 30.3 Å². The molecule has 0 bridgehead atoms. The highest BCUT2D eigenvalue weighted by atomic mass is 79.9. The van der Waals surface area contributed by atoms with Gasteiger partial charge in [0.2, 0.25) is 0 Å². The van der Waals surface area contributed by atoms with Crippen molar-refractivity contribution in [3.8, 4) is 11.1 Å². The van der Waals surface area contributed by atoms with Gasteiger partial charge in [0.15, 0.2) is 0 Å². The van der Waals surface area contributed by atoms with E-state index in [1.165, 1.54) is 0 Å². The summed E-state index contributed by atoms with van der Waals surface area (Å²) in [6.45, 7) is 5.57. The fraction of sp³-hybridized carbons (Fsp3) is 0.321. The number of nitrogens with zero attached hydrogens (tertiary/aromatic N) is 1. The van der Waals surface area contributed by atoms with Crippen LogP contribution in [0.15, 0.2) is 71.5 Å². The van der Waals surface area contributed by atoms with Crippen LogP contribution in [0.5, 0.6) is 0 Å². The Morgan fingerprint density at radius 3 is 2.26 bits per heavy atom. The van der Waals surface area contributed by atoms with E-state index in [4.69, 9.17) is 9.47 Å². The molecule has 1 aliphatic carbocycles. The first-order chi connectivity index (χ1) is 16.7. The largest absolute Gasteiger partial charge is 0.458 e. The summed E-state index contributed by atoms with van der Waals surface area (Å²) in [4.78, 5) is 29.8. The molecule has 3 aromatic rings. The molecule has 0 fully saturated rings. The molecule has 1 N–H and O–H groups in total. The van der Waals surface area contributed by atoms with Crippen LogP contribution >= 0.6 is 15.9 Å². The number of alkyl carbamates (subject to hydrolysis) is 1. The smallest absolute Gasteiger partial charge is 0.407 e. The number of pyridine rings is 1. The standard InChI is InChI=1S/C28H29BrN2O4/c1-28(2,3)35-26(32)25(13-12-18-14-19(29)16-30-15-18)31-27(33)34-17-24-22-10-6-4-8-20(22)21-9-5-7-11-23(21)24/h4-11,14-16,24-25H,12-13,17H2,1-3H3,(H,31,33). The zero-order chi connectivity index (χ0) is 25.0. The maximum absolute atomic E-state index is 12.9. The number of rotatable bonds is 7. The highest BCUT2D eigenvalue weighted by Crippen LogP contribution is 2.44. The molecule has 6 nitrogen and oxygen atoms in total. The van der Waals surface area contributed by atoms with Gasteiger partial charge < -0.3 is 14.8 Å². The fourth-order valence-electron chi connectivity index (χ4n) is 4.31. The third-order valence-corrected chi connectivity index (χ3v) is 6.24. The Kier molecular flexibility index (Phi) is 7.55. The molecule has 1 aliphatic rings. The molecule has 35 heavy (non-hydrogen) atoms. The second-order valence-electron chi connectivity index (χ2n) is 9.61. The van der Waals surface area contributed by atoms with Crippen molar-refractivity contribution in [1.29, 1.82) is 0 Å². The number of esters is 1. The van der Waals surface area contributed by atoms with Gasteiger partial charge >= 0.3 is 12.1 Å². The van der Waals surface area contributed by atoms with Crippen molar-refractivity contribution in [1.82, 2.24) is 10.3 Å². The molecule has 1 atom stereocenters. The van der Waals surface area contributed by atoms with Crippen molar-refractivity contribution >= 4 is 28.0 Å². The predicted molar refractivity (Wildman–Crippen MR) is 138 cm³/mol. The molecule has 0 saturated heterocycles. The van der Waals surface area contributed by atoms with Crippen molar-refractivity contribution < 1.29 is 19.1 Å². The Hall–Kier alpha value is -3.19. The lowest BCUT2D eigenvalue weighted by molar-refractivity contribution is -0.157. The third-order valence-electron chi connectivity index (χ3n) is 5.81. The summed E-state index contributed by atoms with van der Waals surface area (Å²) in [5.74, 6) is -0.546. The van der Waals surface area contributed by atoms with Crippen LogP contribution in [0.1, 0.15) is 49.8 Å². The van der Waals surface area contributed by atoms with Crippen LogP contribution < -0.4 is 5.32 Å². The highest BCUT2D eigenvalue weighted by molar-refractivity contribution is 9.10. The number of amides is 1.